The number of hydrogen-bond donors (Lipinski definition) is 1. The fourth-order valence-corrected chi connectivity index (χ4v) is 16.9. The van der Waals surface area contributed by atoms with Crippen LogP contribution in [0.4, 0.5) is 28.4 Å². The van der Waals surface area contributed by atoms with Gasteiger partial charge < -0.3 is 28.2 Å². The molecule has 0 unspecified atom stereocenters. The van der Waals surface area contributed by atoms with Crippen LogP contribution in [0.5, 0.6) is 0 Å². The van der Waals surface area contributed by atoms with Crippen LogP contribution in [0.15, 0.2) is 450 Å². The molecule has 0 spiro atoms. The van der Waals surface area contributed by atoms with Crippen LogP contribution < -0.4 is 10.2 Å². The Bertz CT molecular complexity index is 7200. The number of nitrogens with one attached hydrogen (secondary N) is 1. The molecule has 0 amide bonds. The van der Waals surface area contributed by atoms with E-state index in [2.05, 4.69) is 436 Å². The average molecular weight is 1540 g/mol. The summed E-state index contributed by atoms with van der Waals surface area (Å²) in [6.07, 6.45) is 0. The van der Waals surface area contributed by atoms with Gasteiger partial charge in [0.25, 0.3) is 0 Å². The average Bonchev–Trinajstić information content (AvgIpc) is 1.67. The van der Waals surface area contributed by atoms with Gasteiger partial charge in [0.05, 0.1) is 27.8 Å². The predicted molar refractivity (Wildman–Crippen MR) is 487 cm³/mol. The second-order valence-corrected chi connectivity index (χ2v) is 29.7. The van der Waals surface area contributed by atoms with Crippen LogP contribution in [-0.2, 0) is 0 Å². The smallest absolute Gasteiger partial charge is 0.136 e. The van der Waals surface area contributed by atoms with Crippen molar-refractivity contribution in [2.24, 2.45) is 0 Å². The van der Waals surface area contributed by atoms with Crippen molar-refractivity contribution in [2.75, 3.05) is 10.2 Å². The summed E-state index contributed by atoms with van der Waals surface area (Å²) in [5.41, 5.74) is 30.4. The number of benzene rings is 18. The Kier molecular flexibility index (Phi) is 18.4. The molecule has 115 heavy (non-hydrogen) atoms. The largest absolute Gasteiger partial charge is 0.456 e. The number of aromatic nitrogens is 2. The predicted octanol–water partition coefficient (Wildman–Crippen LogP) is 31.0. The molecule has 0 aliphatic heterocycles. The van der Waals surface area contributed by atoms with E-state index in [4.69, 9.17) is 8.83 Å². The van der Waals surface area contributed by atoms with Crippen molar-refractivity contribution in [3.05, 3.63) is 441 Å². The Labute approximate surface area is 674 Å². The Hall–Kier alpha value is -14.8. The molecule has 6 nitrogen and oxygen atoms in total. The first-order valence-electron chi connectivity index (χ1n) is 38.9. The Balaban J connectivity index is 0.000000124. The molecule has 4 heterocycles. The Morgan fingerprint density at radius 1 is 0.235 bits per heavy atom. The van der Waals surface area contributed by atoms with Crippen LogP contribution in [0.2, 0.25) is 0 Å². The zero-order valence-electron chi connectivity index (χ0n) is 62.6. The van der Waals surface area contributed by atoms with Crippen molar-refractivity contribution in [2.45, 2.75) is 0 Å². The van der Waals surface area contributed by atoms with E-state index in [1.807, 2.05) is 36.4 Å². The molecule has 0 fully saturated rings. The number of furan rings is 2. The molecule has 22 rings (SSSR count). The van der Waals surface area contributed by atoms with E-state index in [0.29, 0.717) is 0 Å². The van der Waals surface area contributed by atoms with Gasteiger partial charge in [-0.3, -0.25) is 0 Å². The number of hydrogen-bond acceptors (Lipinski definition) is 4. The van der Waals surface area contributed by atoms with Gasteiger partial charge in [-0.25, -0.2) is 0 Å². The first-order chi connectivity index (χ1) is 57.0. The van der Waals surface area contributed by atoms with Crippen molar-refractivity contribution in [3.63, 3.8) is 0 Å². The van der Waals surface area contributed by atoms with Gasteiger partial charge in [-0.15, -0.1) is 0 Å². The minimum Gasteiger partial charge on any atom is -0.456 e. The minimum atomic E-state index is 0.900. The standard InChI is InChI=1S/C54H36N2O.C30H21NO.C24H16BrN/c1-2-14-38(15-3-1)44-18-4-8-23-49(44)55(42-34-30-39(31-35-42)45-22-13-27-53-54(45)48-21-7-11-26-52(48)57-53)41-32-28-37(29-33-41)40-16-12-17-43(36-40)56-50-24-9-5-19-46(50)47-20-6-10-25-51(47)56;1-2-9-21(10-3-1)24-11-4-6-14-27(24)31-23-19-17-22(18-20-23)25-13-8-16-29-30(25)26-12-5-7-15-28(26)32-29;25-19-14-12-17(13-15-19)18-6-5-7-20(16-18)26-23-10-3-1-8-21(23)22-9-2-4-11-24(22)26/h1-36H;1-20,31H;1-16H. The summed E-state index contributed by atoms with van der Waals surface area (Å²) in [6.45, 7) is 0. The summed E-state index contributed by atoms with van der Waals surface area (Å²) in [5, 5.41) is 13.3. The zero-order valence-corrected chi connectivity index (χ0v) is 64.2. The second kappa shape index (κ2) is 30.5. The van der Waals surface area contributed by atoms with E-state index in [1.54, 1.807) is 0 Å². The summed E-state index contributed by atoms with van der Waals surface area (Å²) < 4.78 is 18.1. The van der Waals surface area contributed by atoms with Crippen LogP contribution >= 0.6 is 15.9 Å². The van der Waals surface area contributed by atoms with Gasteiger partial charge in [0.2, 0.25) is 0 Å². The fraction of sp³-hybridized carbons (Fsp3) is 0. The van der Waals surface area contributed by atoms with Gasteiger partial charge in [0, 0.05) is 92.8 Å². The topological polar surface area (TPSA) is 51.4 Å². The van der Waals surface area contributed by atoms with Gasteiger partial charge >= 0.3 is 0 Å². The third-order valence-corrected chi connectivity index (χ3v) is 22.5. The molecule has 22 aromatic rings. The highest BCUT2D eigenvalue weighted by atomic mass is 79.9. The Morgan fingerprint density at radius 2 is 0.565 bits per heavy atom. The monoisotopic (exact) mass is 1540 g/mol. The normalized spacial score (nSPS) is 11.3. The minimum absolute atomic E-state index is 0.900. The first-order valence-corrected chi connectivity index (χ1v) is 39.7. The molecule has 0 aliphatic rings. The van der Waals surface area contributed by atoms with Gasteiger partial charge in [-0.1, -0.05) is 319 Å². The molecule has 0 atom stereocenters. The third-order valence-electron chi connectivity index (χ3n) is 22.0. The molecule has 0 saturated heterocycles. The maximum atomic E-state index is 6.24. The van der Waals surface area contributed by atoms with Crippen LogP contribution in [0.3, 0.4) is 0 Å². The van der Waals surface area contributed by atoms with Crippen molar-refractivity contribution in [3.8, 4) is 78.1 Å². The van der Waals surface area contributed by atoms with E-state index >= 15 is 0 Å². The van der Waals surface area contributed by atoms with Crippen LogP contribution in [0.1, 0.15) is 0 Å². The molecule has 0 bridgehead atoms. The number of nitrogens with zero attached hydrogens (tertiary/aromatic N) is 3. The van der Waals surface area contributed by atoms with E-state index in [9.17, 15) is 0 Å². The lowest BCUT2D eigenvalue weighted by Gasteiger charge is -2.28. The van der Waals surface area contributed by atoms with Gasteiger partial charge in [-0.05, 0) is 189 Å². The van der Waals surface area contributed by atoms with Gasteiger partial charge in [0.1, 0.15) is 22.3 Å². The van der Waals surface area contributed by atoms with Crippen molar-refractivity contribution < 1.29 is 8.83 Å². The number of para-hydroxylation sites is 8. The summed E-state index contributed by atoms with van der Waals surface area (Å²) in [5.74, 6) is 0. The summed E-state index contributed by atoms with van der Waals surface area (Å²) in [6, 6.07) is 155. The van der Waals surface area contributed by atoms with Crippen LogP contribution in [0.25, 0.3) is 166 Å². The molecule has 4 aromatic heterocycles. The SMILES string of the molecule is Brc1ccc(-c2cccc(-n3c4ccccc4c4ccccc43)c2)cc1.c1ccc(-c2ccccc2N(c2ccc(-c3cccc(-n4c5ccccc5c5ccccc54)c3)cc2)c2ccc(-c3cccc4oc5ccccc5c34)cc2)cc1.c1ccc(-c2ccccc2Nc2ccc(-c3cccc4oc5ccccc5c34)cc2)cc1. The molecule has 544 valence electrons. The fourth-order valence-electron chi connectivity index (χ4n) is 16.6. The van der Waals surface area contributed by atoms with E-state index in [1.165, 1.54) is 105 Å². The van der Waals surface area contributed by atoms with E-state index in [0.717, 1.165) is 93.8 Å². The molecule has 0 aliphatic carbocycles. The maximum absolute atomic E-state index is 6.24. The van der Waals surface area contributed by atoms with E-state index in [-0.39, 0.29) is 0 Å². The summed E-state index contributed by atoms with van der Waals surface area (Å²) in [4.78, 5) is 2.37. The highest BCUT2D eigenvalue weighted by Gasteiger charge is 2.21. The highest BCUT2D eigenvalue weighted by Crippen LogP contribution is 2.45. The van der Waals surface area contributed by atoms with Crippen LogP contribution in [0, 0.1) is 0 Å². The number of anilines is 5. The maximum Gasteiger partial charge on any atom is 0.136 e. The van der Waals surface area contributed by atoms with Gasteiger partial charge in [0.15, 0.2) is 0 Å². The van der Waals surface area contributed by atoms with Crippen molar-refractivity contribution in [1.29, 1.82) is 0 Å². The quantitative estimate of drug-likeness (QED) is 0.125. The lowest BCUT2D eigenvalue weighted by atomic mass is 9.98. The first kappa shape index (κ1) is 69.4. The molecule has 0 saturated carbocycles. The molecular formula is C108H73BrN4O2. The summed E-state index contributed by atoms with van der Waals surface area (Å²) >= 11 is 3.51. The lowest BCUT2D eigenvalue weighted by Crippen LogP contribution is -2.11. The summed E-state index contributed by atoms with van der Waals surface area (Å²) in [7, 11) is 0. The molecule has 1 N–H and O–H groups in total. The number of rotatable bonds is 13. The van der Waals surface area contributed by atoms with Crippen molar-refractivity contribution >= 4 is 132 Å². The highest BCUT2D eigenvalue weighted by molar-refractivity contribution is 9.10. The van der Waals surface area contributed by atoms with Crippen molar-refractivity contribution in [1.82, 2.24) is 9.13 Å². The van der Waals surface area contributed by atoms with Gasteiger partial charge in [-0.2, -0.15) is 0 Å². The lowest BCUT2D eigenvalue weighted by molar-refractivity contribution is 0.668. The zero-order chi connectivity index (χ0) is 76.5. The number of halogens is 1. The number of fused-ring (bicyclic) bond motifs is 12. The molecule has 18 aromatic carbocycles. The van der Waals surface area contributed by atoms with E-state index < -0.39 is 0 Å². The van der Waals surface area contributed by atoms with Crippen LogP contribution in [-0.4, -0.2) is 9.13 Å². The molecule has 0 radical (unpaired) electrons. The Morgan fingerprint density at radius 3 is 1.04 bits per heavy atom. The molecule has 7 heteroatoms. The second-order valence-electron chi connectivity index (χ2n) is 28.8. The third kappa shape index (κ3) is 13.3. The molecular weight excluding hydrogens is 1470 g/mol.